The lowest BCUT2D eigenvalue weighted by Crippen LogP contribution is -2.36. The number of aromatic nitrogens is 1. The van der Waals surface area contributed by atoms with Crippen LogP contribution in [0, 0.1) is 5.41 Å². The van der Waals surface area contributed by atoms with Gasteiger partial charge in [0.05, 0.1) is 17.0 Å². The second-order valence-corrected chi connectivity index (χ2v) is 7.10. The van der Waals surface area contributed by atoms with Gasteiger partial charge in [0.1, 0.15) is 6.61 Å². The van der Waals surface area contributed by atoms with Crippen LogP contribution in [0.1, 0.15) is 104 Å². The molecule has 2 heterocycles. The molecule has 138 valence electrons. The lowest BCUT2D eigenvalue weighted by molar-refractivity contribution is 0.0135. The predicted molar refractivity (Wildman–Crippen MR) is 97.6 cm³/mol. The van der Waals surface area contributed by atoms with Crippen LogP contribution in [-0.2, 0) is 17.9 Å². The minimum Gasteiger partial charge on any atom is -0.294 e. The van der Waals surface area contributed by atoms with Gasteiger partial charge in [0, 0.05) is 12.0 Å². The third-order valence-electron chi connectivity index (χ3n) is 4.54. The quantitative estimate of drug-likeness (QED) is 0.821. The largest absolute Gasteiger partial charge is 0.294 e. The smallest absolute Gasteiger partial charge is 0.277 e. The highest BCUT2D eigenvalue weighted by Gasteiger charge is 2.41. The molecular weight excluding hydrogens is 316 g/mol. The van der Waals surface area contributed by atoms with E-state index < -0.39 is 0 Å². The number of pyridine rings is 1. The zero-order valence-electron chi connectivity index (χ0n) is 16.3. The summed E-state index contributed by atoms with van der Waals surface area (Å²) in [6, 6.07) is 0. The Balaban J connectivity index is 0.000000528. The molecule has 1 aromatic rings. The van der Waals surface area contributed by atoms with Crippen molar-refractivity contribution in [1.29, 1.82) is 0 Å². The van der Waals surface area contributed by atoms with E-state index in [0.717, 1.165) is 36.1 Å². The summed E-state index contributed by atoms with van der Waals surface area (Å²) in [5.74, 6) is 0.216. The molecule has 1 aliphatic heterocycles. The van der Waals surface area contributed by atoms with Crippen molar-refractivity contribution in [3.05, 3.63) is 28.1 Å². The summed E-state index contributed by atoms with van der Waals surface area (Å²) < 4.78 is 0. The van der Waals surface area contributed by atoms with Crippen LogP contribution in [0.2, 0.25) is 0 Å². The molecule has 0 spiro atoms. The number of fused-ring (bicyclic) bond motifs is 2. The van der Waals surface area contributed by atoms with Crippen molar-refractivity contribution in [2.75, 3.05) is 0 Å². The number of hydroxylamine groups is 1. The van der Waals surface area contributed by atoms with Gasteiger partial charge < -0.3 is 0 Å². The van der Waals surface area contributed by atoms with E-state index >= 15 is 0 Å². The Morgan fingerprint density at radius 2 is 1.64 bits per heavy atom. The number of nitrogens with one attached hydrogen (secondary N) is 1. The van der Waals surface area contributed by atoms with Crippen LogP contribution in [-0.4, -0.2) is 16.7 Å². The third-order valence-corrected chi connectivity index (χ3v) is 4.54. The van der Waals surface area contributed by atoms with Crippen molar-refractivity contribution < 1.29 is 14.4 Å². The van der Waals surface area contributed by atoms with Gasteiger partial charge in [-0.2, -0.15) is 0 Å². The van der Waals surface area contributed by atoms with Gasteiger partial charge in [-0.25, -0.2) is 5.48 Å². The first-order valence-corrected chi connectivity index (χ1v) is 9.47. The van der Waals surface area contributed by atoms with E-state index in [1.165, 1.54) is 0 Å². The van der Waals surface area contributed by atoms with Gasteiger partial charge in [-0.3, -0.25) is 19.4 Å². The molecule has 0 radical (unpaired) electrons. The number of ketones is 1. The standard InChI is InChI=1S/C16H18N2O3.2C2H6/c1-16(2)5-9-13(11(19)6-16)12(8-3-4-8)14-10(17-9)7-21-18-15(14)20;2*1-2/h8H,3-7H2,1-2H3,(H,18,20);2*1-2H3. The SMILES string of the molecule is CC.CC.CC1(C)CC(=O)c2c(nc3c(c2C2CC2)C(=O)NOC3)C1. The molecule has 0 saturated heterocycles. The molecule has 0 unspecified atom stereocenters. The molecule has 0 bridgehead atoms. The topological polar surface area (TPSA) is 68.3 Å². The van der Waals surface area contributed by atoms with Gasteiger partial charge in [0.2, 0.25) is 0 Å². The Hall–Kier alpha value is -1.75. The van der Waals surface area contributed by atoms with E-state index in [2.05, 4.69) is 24.3 Å². The Bertz CT molecular complexity index is 676. The van der Waals surface area contributed by atoms with E-state index in [9.17, 15) is 9.59 Å². The lowest BCUT2D eigenvalue weighted by Gasteiger charge is -2.32. The highest BCUT2D eigenvalue weighted by Crippen LogP contribution is 2.47. The fourth-order valence-corrected chi connectivity index (χ4v) is 3.55. The van der Waals surface area contributed by atoms with Crippen molar-refractivity contribution in [1.82, 2.24) is 10.5 Å². The molecule has 1 fully saturated rings. The molecule has 3 aliphatic rings. The summed E-state index contributed by atoms with van der Waals surface area (Å²) >= 11 is 0. The zero-order valence-corrected chi connectivity index (χ0v) is 16.3. The van der Waals surface area contributed by atoms with Crippen molar-refractivity contribution in [3.8, 4) is 0 Å². The second kappa shape index (κ2) is 7.65. The highest BCUT2D eigenvalue weighted by atomic mass is 16.7. The highest BCUT2D eigenvalue weighted by molar-refractivity contribution is 6.05. The summed E-state index contributed by atoms with van der Waals surface area (Å²) in [5.41, 5.74) is 6.15. The van der Waals surface area contributed by atoms with Crippen molar-refractivity contribution in [3.63, 3.8) is 0 Å². The maximum Gasteiger partial charge on any atom is 0.277 e. The van der Waals surface area contributed by atoms with Gasteiger partial charge >= 0.3 is 0 Å². The van der Waals surface area contributed by atoms with Gasteiger partial charge in [0.15, 0.2) is 5.78 Å². The molecule has 4 rings (SSSR count). The van der Waals surface area contributed by atoms with Crippen molar-refractivity contribution in [2.45, 2.75) is 79.8 Å². The molecule has 0 aromatic carbocycles. The van der Waals surface area contributed by atoms with Crippen molar-refractivity contribution >= 4 is 11.7 Å². The van der Waals surface area contributed by atoms with Crippen LogP contribution in [0.5, 0.6) is 0 Å². The molecule has 1 N–H and O–H groups in total. The molecular formula is C20H30N2O3. The zero-order chi connectivity index (χ0) is 18.8. The monoisotopic (exact) mass is 346 g/mol. The molecule has 2 aliphatic carbocycles. The number of nitrogens with zero attached hydrogens (tertiary/aromatic N) is 1. The maximum absolute atomic E-state index is 12.6. The van der Waals surface area contributed by atoms with Crippen LogP contribution >= 0.6 is 0 Å². The van der Waals surface area contributed by atoms with Crippen LogP contribution < -0.4 is 5.48 Å². The second-order valence-electron chi connectivity index (χ2n) is 7.10. The molecule has 25 heavy (non-hydrogen) atoms. The number of hydrogen-bond acceptors (Lipinski definition) is 4. The summed E-state index contributed by atoms with van der Waals surface area (Å²) in [6.07, 6.45) is 3.41. The molecule has 1 aromatic heterocycles. The van der Waals surface area contributed by atoms with Gasteiger partial charge in [-0.15, -0.1) is 0 Å². The van der Waals surface area contributed by atoms with Crippen LogP contribution in [0.4, 0.5) is 0 Å². The van der Waals surface area contributed by atoms with E-state index in [0.29, 0.717) is 23.6 Å². The van der Waals surface area contributed by atoms with E-state index in [4.69, 9.17) is 4.84 Å². The molecule has 0 atom stereocenters. The Morgan fingerprint density at radius 1 is 1.00 bits per heavy atom. The average Bonchev–Trinajstić information content (AvgIpc) is 3.40. The first kappa shape index (κ1) is 19.6. The van der Waals surface area contributed by atoms with Gasteiger partial charge in [-0.05, 0) is 36.2 Å². The normalized spacial score (nSPS) is 20.1. The fraction of sp³-hybridized carbons (Fsp3) is 0.650. The number of carbonyl (C=O) groups is 2. The van der Waals surface area contributed by atoms with Gasteiger partial charge in [0.25, 0.3) is 5.91 Å². The predicted octanol–water partition coefficient (Wildman–Crippen LogP) is 4.34. The number of hydrogen-bond donors (Lipinski definition) is 1. The molecule has 5 nitrogen and oxygen atoms in total. The average molecular weight is 346 g/mol. The lowest BCUT2D eigenvalue weighted by atomic mass is 9.73. The van der Waals surface area contributed by atoms with Crippen LogP contribution in [0.25, 0.3) is 0 Å². The van der Waals surface area contributed by atoms with E-state index in [-0.39, 0.29) is 23.7 Å². The van der Waals surface area contributed by atoms with Crippen molar-refractivity contribution in [2.24, 2.45) is 5.41 Å². The Kier molecular flexibility index (Phi) is 5.99. The Morgan fingerprint density at radius 3 is 2.24 bits per heavy atom. The number of carbonyl (C=O) groups excluding carboxylic acids is 2. The summed E-state index contributed by atoms with van der Waals surface area (Å²) in [6.45, 7) is 12.5. The van der Waals surface area contributed by atoms with Crippen LogP contribution in [0.3, 0.4) is 0 Å². The van der Waals surface area contributed by atoms with Gasteiger partial charge in [-0.1, -0.05) is 41.5 Å². The van der Waals surface area contributed by atoms with Crippen LogP contribution in [0.15, 0.2) is 0 Å². The van der Waals surface area contributed by atoms with E-state index in [1.54, 1.807) is 0 Å². The number of amides is 1. The number of Topliss-reactive ketones (excluding diaryl/α,β-unsaturated/α-hetero) is 1. The summed E-state index contributed by atoms with van der Waals surface area (Å²) in [7, 11) is 0. The number of rotatable bonds is 1. The molecule has 5 heteroatoms. The fourth-order valence-electron chi connectivity index (χ4n) is 3.55. The first-order chi connectivity index (χ1) is 12.0. The van der Waals surface area contributed by atoms with E-state index in [1.807, 2.05) is 27.7 Å². The maximum atomic E-state index is 12.6. The Labute approximate surface area is 150 Å². The summed E-state index contributed by atoms with van der Waals surface area (Å²) in [5, 5.41) is 0. The first-order valence-electron chi connectivity index (χ1n) is 9.47. The molecule has 1 saturated carbocycles. The minimum atomic E-state index is -0.258. The minimum absolute atomic E-state index is 0.0656. The third kappa shape index (κ3) is 3.76. The summed E-state index contributed by atoms with van der Waals surface area (Å²) in [4.78, 5) is 34.5. The molecule has 1 amide bonds.